The number of benzene rings is 2. The highest BCUT2D eigenvalue weighted by molar-refractivity contribution is 5.93. The van der Waals surface area contributed by atoms with Gasteiger partial charge in [-0.3, -0.25) is 4.79 Å². The van der Waals surface area contributed by atoms with E-state index in [2.05, 4.69) is 10.6 Å². The van der Waals surface area contributed by atoms with Crippen molar-refractivity contribution >= 4 is 24.0 Å². The van der Waals surface area contributed by atoms with Crippen LogP contribution in [0.5, 0.6) is 5.75 Å². The summed E-state index contributed by atoms with van der Waals surface area (Å²) in [5.74, 6) is 1.01. The zero-order chi connectivity index (χ0) is 16.1. The van der Waals surface area contributed by atoms with E-state index in [-0.39, 0.29) is 24.2 Å². The standard InChI is InChI=1S/C19H22N2O2.ClH/c1-14-16(13-23-17-7-3-2-4-8-17)6-5-9-18(14)21-19(22)15-10-11-20-12-15;/h2-9,15,20H,10-13H2,1H3,(H,21,22);1H. The molecule has 2 aromatic rings. The Labute approximate surface area is 149 Å². The first-order valence-electron chi connectivity index (χ1n) is 8.02. The van der Waals surface area contributed by atoms with Gasteiger partial charge in [-0.05, 0) is 49.2 Å². The lowest BCUT2D eigenvalue weighted by Gasteiger charge is -2.15. The molecule has 24 heavy (non-hydrogen) atoms. The lowest BCUT2D eigenvalue weighted by molar-refractivity contribution is -0.119. The fraction of sp³-hybridized carbons (Fsp3) is 0.316. The number of halogens is 1. The molecule has 5 heteroatoms. The van der Waals surface area contributed by atoms with Gasteiger partial charge in [0, 0.05) is 12.2 Å². The SMILES string of the molecule is Cc1c(COc2ccccc2)cccc1NC(=O)C1CCNC1.Cl. The molecule has 3 rings (SSSR count). The maximum Gasteiger partial charge on any atom is 0.228 e. The Balaban J connectivity index is 0.00000208. The van der Waals surface area contributed by atoms with E-state index in [1.807, 2.05) is 55.5 Å². The summed E-state index contributed by atoms with van der Waals surface area (Å²) < 4.78 is 5.81. The normalized spacial score (nSPS) is 16.3. The van der Waals surface area contributed by atoms with Crippen molar-refractivity contribution in [1.29, 1.82) is 0 Å². The molecule has 0 saturated carbocycles. The molecule has 1 amide bonds. The molecule has 1 aliphatic rings. The van der Waals surface area contributed by atoms with Gasteiger partial charge in [0.05, 0.1) is 5.92 Å². The summed E-state index contributed by atoms with van der Waals surface area (Å²) in [5, 5.41) is 6.28. The molecule has 1 atom stereocenters. The van der Waals surface area contributed by atoms with Crippen LogP contribution in [-0.2, 0) is 11.4 Å². The van der Waals surface area contributed by atoms with Crippen molar-refractivity contribution in [3.8, 4) is 5.75 Å². The fourth-order valence-electron chi connectivity index (χ4n) is 2.77. The van der Waals surface area contributed by atoms with E-state index >= 15 is 0 Å². The van der Waals surface area contributed by atoms with Crippen molar-refractivity contribution in [3.63, 3.8) is 0 Å². The Bertz CT molecular complexity index is 670. The second-order valence-electron chi connectivity index (χ2n) is 5.87. The molecule has 0 spiro atoms. The van der Waals surface area contributed by atoms with Crippen LogP contribution >= 0.6 is 12.4 Å². The third kappa shape index (κ3) is 4.49. The first-order valence-corrected chi connectivity index (χ1v) is 8.02. The molecular formula is C19H23ClN2O2. The molecule has 0 aliphatic carbocycles. The molecular weight excluding hydrogens is 324 g/mol. The number of carbonyl (C=O) groups excluding carboxylic acids is 1. The van der Waals surface area contributed by atoms with Gasteiger partial charge in [0.15, 0.2) is 0 Å². The van der Waals surface area contributed by atoms with Gasteiger partial charge in [0.2, 0.25) is 5.91 Å². The van der Waals surface area contributed by atoms with Crippen LogP contribution in [-0.4, -0.2) is 19.0 Å². The van der Waals surface area contributed by atoms with Crippen LogP contribution in [0.25, 0.3) is 0 Å². The van der Waals surface area contributed by atoms with Gasteiger partial charge in [-0.1, -0.05) is 30.3 Å². The predicted octanol–water partition coefficient (Wildman–Crippen LogP) is 3.54. The van der Waals surface area contributed by atoms with E-state index < -0.39 is 0 Å². The van der Waals surface area contributed by atoms with E-state index in [9.17, 15) is 4.79 Å². The van der Waals surface area contributed by atoms with E-state index in [4.69, 9.17) is 4.74 Å². The zero-order valence-corrected chi connectivity index (χ0v) is 14.6. The number of carbonyl (C=O) groups is 1. The molecule has 1 fully saturated rings. The number of hydrogen-bond acceptors (Lipinski definition) is 3. The Morgan fingerprint density at radius 3 is 2.71 bits per heavy atom. The molecule has 1 aliphatic heterocycles. The van der Waals surface area contributed by atoms with Gasteiger partial charge in [0.1, 0.15) is 12.4 Å². The molecule has 1 saturated heterocycles. The topological polar surface area (TPSA) is 50.4 Å². The van der Waals surface area contributed by atoms with Crippen molar-refractivity contribution in [2.75, 3.05) is 18.4 Å². The Morgan fingerprint density at radius 2 is 2.00 bits per heavy atom. The van der Waals surface area contributed by atoms with Gasteiger partial charge in [-0.25, -0.2) is 0 Å². The maximum absolute atomic E-state index is 12.3. The third-order valence-electron chi connectivity index (χ3n) is 4.27. The highest BCUT2D eigenvalue weighted by atomic mass is 35.5. The Hall–Kier alpha value is -2.04. The number of anilines is 1. The number of para-hydroxylation sites is 1. The summed E-state index contributed by atoms with van der Waals surface area (Å²) >= 11 is 0. The molecule has 0 bridgehead atoms. The minimum Gasteiger partial charge on any atom is -0.489 e. The van der Waals surface area contributed by atoms with Crippen LogP contribution in [0.2, 0.25) is 0 Å². The second-order valence-corrected chi connectivity index (χ2v) is 5.87. The largest absolute Gasteiger partial charge is 0.489 e. The summed E-state index contributed by atoms with van der Waals surface area (Å²) in [6.07, 6.45) is 0.904. The third-order valence-corrected chi connectivity index (χ3v) is 4.27. The lowest BCUT2D eigenvalue weighted by atomic mass is 10.1. The first kappa shape index (κ1) is 18.3. The van der Waals surface area contributed by atoms with Gasteiger partial charge in [-0.15, -0.1) is 12.4 Å². The quantitative estimate of drug-likeness (QED) is 0.870. The summed E-state index contributed by atoms with van der Waals surface area (Å²) in [5.41, 5.74) is 3.01. The molecule has 1 unspecified atom stereocenters. The van der Waals surface area contributed by atoms with Gasteiger partial charge < -0.3 is 15.4 Å². The number of nitrogens with one attached hydrogen (secondary N) is 2. The number of rotatable bonds is 5. The van der Waals surface area contributed by atoms with E-state index in [0.29, 0.717) is 6.61 Å². The number of hydrogen-bond donors (Lipinski definition) is 2. The van der Waals surface area contributed by atoms with Crippen molar-refractivity contribution in [2.45, 2.75) is 20.0 Å². The van der Waals surface area contributed by atoms with Crippen LogP contribution in [0.3, 0.4) is 0 Å². The minimum absolute atomic E-state index is 0. The van der Waals surface area contributed by atoms with E-state index in [1.54, 1.807) is 0 Å². The van der Waals surface area contributed by atoms with Crippen molar-refractivity contribution in [2.24, 2.45) is 5.92 Å². The van der Waals surface area contributed by atoms with Gasteiger partial charge in [-0.2, -0.15) is 0 Å². The van der Waals surface area contributed by atoms with Crippen molar-refractivity contribution < 1.29 is 9.53 Å². The highest BCUT2D eigenvalue weighted by Crippen LogP contribution is 2.22. The van der Waals surface area contributed by atoms with Crippen LogP contribution < -0.4 is 15.4 Å². The fourth-order valence-corrected chi connectivity index (χ4v) is 2.77. The summed E-state index contributed by atoms with van der Waals surface area (Å²) in [6.45, 7) is 4.19. The first-order chi connectivity index (χ1) is 11.2. The lowest BCUT2D eigenvalue weighted by Crippen LogP contribution is -2.25. The molecule has 2 aromatic carbocycles. The molecule has 4 nitrogen and oxygen atoms in total. The van der Waals surface area contributed by atoms with Gasteiger partial charge >= 0.3 is 0 Å². The summed E-state index contributed by atoms with van der Waals surface area (Å²) in [4.78, 5) is 12.3. The number of amides is 1. The van der Waals surface area contributed by atoms with Crippen molar-refractivity contribution in [3.05, 3.63) is 59.7 Å². The average molecular weight is 347 g/mol. The Kier molecular flexibility index (Phi) is 6.64. The molecule has 1 heterocycles. The maximum atomic E-state index is 12.3. The van der Waals surface area contributed by atoms with E-state index in [1.165, 1.54) is 0 Å². The zero-order valence-electron chi connectivity index (χ0n) is 13.7. The van der Waals surface area contributed by atoms with Crippen LogP contribution in [0.15, 0.2) is 48.5 Å². The monoisotopic (exact) mass is 346 g/mol. The molecule has 0 radical (unpaired) electrons. The van der Waals surface area contributed by atoms with E-state index in [0.717, 1.165) is 42.1 Å². The molecule has 2 N–H and O–H groups in total. The van der Waals surface area contributed by atoms with Crippen molar-refractivity contribution in [1.82, 2.24) is 5.32 Å². The Morgan fingerprint density at radius 1 is 1.21 bits per heavy atom. The molecule has 0 aromatic heterocycles. The smallest absolute Gasteiger partial charge is 0.228 e. The molecule has 128 valence electrons. The second kappa shape index (κ2) is 8.71. The number of ether oxygens (including phenoxy) is 1. The summed E-state index contributed by atoms with van der Waals surface area (Å²) in [7, 11) is 0. The average Bonchev–Trinajstić information content (AvgIpc) is 3.11. The van der Waals surface area contributed by atoms with Gasteiger partial charge in [0.25, 0.3) is 0 Å². The minimum atomic E-state index is 0. The van der Waals surface area contributed by atoms with Crippen LogP contribution in [0.4, 0.5) is 5.69 Å². The summed E-state index contributed by atoms with van der Waals surface area (Å²) in [6, 6.07) is 15.7. The highest BCUT2D eigenvalue weighted by Gasteiger charge is 2.22. The van der Waals surface area contributed by atoms with Crippen LogP contribution in [0, 0.1) is 12.8 Å². The van der Waals surface area contributed by atoms with Crippen LogP contribution in [0.1, 0.15) is 17.5 Å². The predicted molar refractivity (Wildman–Crippen MR) is 98.8 cm³/mol.